The molecule has 0 aliphatic carbocycles. The Morgan fingerprint density at radius 1 is 1.60 bits per heavy atom. The number of nitrogens with zero attached hydrogens (tertiary/aromatic N) is 1. The quantitative estimate of drug-likeness (QED) is 0.720. The van der Waals surface area contributed by atoms with Crippen molar-refractivity contribution in [3.05, 3.63) is 0 Å². The molecule has 1 saturated heterocycles. The molecule has 4 nitrogen and oxygen atoms in total. The summed E-state index contributed by atoms with van der Waals surface area (Å²) in [5.41, 5.74) is 0. The predicted molar refractivity (Wildman–Crippen MR) is 59.9 cm³/mol. The molecule has 1 N–H and O–H groups in total. The molecule has 1 amide bonds. The van der Waals surface area contributed by atoms with E-state index in [2.05, 4.69) is 12.2 Å². The van der Waals surface area contributed by atoms with Crippen LogP contribution in [-0.4, -0.2) is 43.8 Å². The Hall–Kier alpha value is -0.770. The molecular weight excluding hydrogens is 192 g/mol. The summed E-state index contributed by atoms with van der Waals surface area (Å²) < 4.78 is 5.16. The highest BCUT2D eigenvalue weighted by Gasteiger charge is 2.21. The van der Waals surface area contributed by atoms with Crippen LogP contribution in [0.15, 0.2) is 0 Å². The summed E-state index contributed by atoms with van der Waals surface area (Å²) in [4.78, 5) is 13.4. The second kappa shape index (κ2) is 6.67. The number of hydrogen-bond acceptors (Lipinski definition) is 3. The first kappa shape index (κ1) is 12.3. The van der Waals surface area contributed by atoms with Gasteiger partial charge in [0, 0.05) is 19.6 Å². The zero-order chi connectivity index (χ0) is 11.1. The number of ether oxygens (including phenoxy) is 1. The lowest BCUT2D eigenvalue weighted by Gasteiger charge is -2.30. The van der Waals surface area contributed by atoms with Crippen LogP contribution in [0.1, 0.15) is 26.7 Å². The molecule has 1 heterocycles. The zero-order valence-corrected chi connectivity index (χ0v) is 9.79. The van der Waals surface area contributed by atoms with Gasteiger partial charge in [0.15, 0.2) is 0 Å². The maximum absolute atomic E-state index is 11.6. The van der Waals surface area contributed by atoms with Crippen LogP contribution in [0.4, 0.5) is 4.79 Å². The Kier molecular flexibility index (Phi) is 5.47. The van der Waals surface area contributed by atoms with Gasteiger partial charge in [-0.15, -0.1) is 0 Å². The lowest BCUT2D eigenvalue weighted by atomic mass is 10.0. The number of hydrogen-bond donors (Lipinski definition) is 1. The summed E-state index contributed by atoms with van der Waals surface area (Å²) >= 11 is 0. The number of carbonyl (C=O) groups excluding carboxylic acids is 1. The van der Waals surface area contributed by atoms with Crippen LogP contribution in [0.25, 0.3) is 0 Å². The highest BCUT2D eigenvalue weighted by atomic mass is 16.6. The third-order valence-electron chi connectivity index (χ3n) is 2.67. The molecule has 1 fully saturated rings. The highest BCUT2D eigenvalue weighted by molar-refractivity contribution is 5.67. The van der Waals surface area contributed by atoms with Crippen LogP contribution >= 0.6 is 0 Å². The molecule has 15 heavy (non-hydrogen) atoms. The van der Waals surface area contributed by atoms with Crippen LogP contribution in [0.2, 0.25) is 0 Å². The molecule has 4 heteroatoms. The van der Waals surface area contributed by atoms with E-state index in [1.807, 2.05) is 11.8 Å². The SMILES string of the molecule is CCNCCOC(=O)N1CCCC(C)C1. The molecular formula is C11H22N2O2. The zero-order valence-electron chi connectivity index (χ0n) is 9.79. The molecule has 0 radical (unpaired) electrons. The first-order chi connectivity index (χ1) is 7.24. The fraction of sp³-hybridized carbons (Fsp3) is 0.909. The van der Waals surface area contributed by atoms with E-state index >= 15 is 0 Å². The molecule has 0 bridgehead atoms. The van der Waals surface area contributed by atoms with Crippen molar-refractivity contribution in [3.8, 4) is 0 Å². The third kappa shape index (κ3) is 4.51. The Morgan fingerprint density at radius 3 is 3.07 bits per heavy atom. The molecule has 0 aromatic heterocycles. The van der Waals surface area contributed by atoms with Crippen molar-refractivity contribution in [1.29, 1.82) is 0 Å². The maximum atomic E-state index is 11.6. The van der Waals surface area contributed by atoms with E-state index in [0.717, 1.165) is 32.6 Å². The van der Waals surface area contributed by atoms with E-state index in [0.29, 0.717) is 12.5 Å². The molecule has 0 spiro atoms. The van der Waals surface area contributed by atoms with Gasteiger partial charge >= 0.3 is 6.09 Å². The molecule has 0 saturated carbocycles. The smallest absolute Gasteiger partial charge is 0.409 e. The van der Waals surface area contributed by atoms with E-state index < -0.39 is 0 Å². The first-order valence-electron chi connectivity index (χ1n) is 5.86. The monoisotopic (exact) mass is 214 g/mol. The molecule has 0 aromatic carbocycles. The third-order valence-corrected chi connectivity index (χ3v) is 2.67. The van der Waals surface area contributed by atoms with Gasteiger partial charge in [-0.2, -0.15) is 0 Å². The largest absolute Gasteiger partial charge is 0.448 e. The Labute approximate surface area is 92.0 Å². The summed E-state index contributed by atoms with van der Waals surface area (Å²) in [7, 11) is 0. The maximum Gasteiger partial charge on any atom is 0.409 e. The first-order valence-corrected chi connectivity index (χ1v) is 5.86. The molecule has 1 atom stereocenters. The summed E-state index contributed by atoms with van der Waals surface area (Å²) in [6.45, 7) is 8.04. The second-order valence-electron chi connectivity index (χ2n) is 4.16. The van der Waals surface area contributed by atoms with Crippen LogP contribution in [-0.2, 0) is 4.74 Å². The summed E-state index contributed by atoms with van der Waals surface area (Å²) in [6, 6.07) is 0. The van der Waals surface area contributed by atoms with Crippen molar-refractivity contribution in [3.63, 3.8) is 0 Å². The van der Waals surface area contributed by atoms with Crippen molar-refractivity contribution < 1.29 is 9.53 Å². The van der Waals surface area contributed by atoms with Gasteiger partial charge in [-0.25, -0.2) is 4.79 Å². The van der Waals surface area contributed by atoms with Crippen molar-refractivity contribution in [1.82, 2.24) is 10.2 Å². The Balaban J connectivity index is 2.15. The van der Waals surface area contributed by atoms with Crippen LogP contribution in [0.5, 0.6) is 0 Å². The van der Waals surface area contributed by atoms with Crippen LogP contribution in [0.3, 0.4) is 0 Å². The Bertz CT molecular complexity index is 197. The second-order valence-corrected chi connectivity index (χ2v) is 4.16. The standard InChI is InChI=1S/C11H22N2O2/c1-3-12-6-8-15-11(14)13-7-4-5-10(2)9-13/h10,12H,3-9H2,1-2H3. The van der Waals surface area contributed by atoms with Crippen molar-refractivity contribution >= 4 is 6.09 Å². The Morgan fingerprint density at radius 2 is 2.40 bits per heavy atom. The number of likely N-dealkylation sites (tertiary alicyclic amines) is 1. The van der Waals surface area contributed by atoms with E-state index in [1.165, 1.54) is 6.42 Å². The van der Waals surface area contributed by atoms with Gasteiger partial charge in [0.05, 0.1) is 0 Å². The number of carbonyl (C=O) groups is 1. The fourth-order valence-corrected chi connectivity index (χ4v) is 1.83. The molecule has 1 rings (SSSR count). The van der Waals surface area contributed by atoms with Gasteiger partial charge in [-0.3, -0.25) is 0 Å². The predicted octanol–water partition coefficient (Wildman–Crippen LogP) is 1.46. The van der Waals surface area contributed by atoms with Crippen molar-refractivity contribution in [2.75, 3.05) is 32.8 Å². The molecule has 1 aliphatic rings. The topological polar surface area (TPSA) is 41.6 Å². The van der Waals surface area contributed by atoms with Crippen molar-refractivity contribution in [2.24, 2.45) is 5.92 Å². The number of rotatable bonds is 4. The van der Waals surface area contributed by atoms with Gasteiger partial charge in [0.1, 0.15) is 6.61 Å². The highest BCUT2D eigenvalue weighted by Crippen LogP contribution is 2.15. The number of amides is 1. The molecule has 1 unspecified atom stereocenters. The minimum absolute atomic E-state index is 0.153. The average molecular weight is 214 g/mol. The normalized spacial score (nSPS) is 21.5. The van der Waals surface area contributed by atoms with E-state index in [-0.39, 0.29) is 6.09 Å². The van der Waals surface area contributed by atoms with Gasteiger partial charge in [-0.05, 0) is 25.3 Å². The van der Waals surface area contributed by atoms with Gasteiger partial charge < -0.3 is 15.0 Å². The molecule has 0 aromatic rings. The van der Waals surface area contributed by atoms with Gasteiger partial charge in [-0.1, -0.05) is 13.8 Å². The number of likely N-dealkylation sites (N-methyl/N-ethyl adjacent to an activating group) is 1. The minimum atomic E-state index is -0.153. The summed E-state index contributed by atoms with van der Waals surface area (Å²) in [5.74, 6) is 0.611. The molecule has 1 aliphatic heterocycles. The number of piperidine rings is 1. The lowest BCUT2D eigenvalue weighted by molar-refractivity contribution is 0.0871. The minimum Gasteiger partial charge on any atom is -0.448 e. The average Bonchev–Trinajstić information content (AvgIpc) is 2.24. The van der Waals surface area contributed by atoms with Crippen LogP contribution < -0.4 is 5.32 Å². The van der Waals surface area contributed by atoms with E-state index in [4.69, 9.17) is 4.74 Å². The van der Waals surface area contributed by atoms with Gasteiger partial charge in [0.2, 0.25) is 0 Å². The van der Waals surface area contributed by atoms with Crippen LogP contribution in [0, 0.1) is 5.92 Å². The number of nitrogens with one attached hydrogen (secondary N) is 1. The van der Waals surface area contributed by atoms with E-state index in [9.17, 15) is 4.79 Å². The fourth-order valence-electron chi connectivity index (χ4n) is 1.83. The van der Waals surface area contributed by atoms with E-state index in [1.54, 1.807) is 0 Å². The van der Waals surface area contributed by atoms with Gasteiger partial charge in [0.25, 0.3) is 0 Å². The molecule has 88 valence electrons. The lowest BCUT2D eigenvalue weighted by Crippen LogP contribution is -2.40. The summed E-state index contributed by atoms with van der Waals surface area (Å²) in [5, 5.41) is 3.12. The van der Waals surface area contributed by atoms with Crippen molar-refractivity contribution in [2.45, 2.75) is 26.7 Å². The summed E-state index contributed by atoms with van der Waals surface area (Å²) in [6.07, 6.45) is 2.17.